The third-order valence-corrected chi connectivity index (χ3v) is 3.24. The van der Waals surface area contributed by atoms with Gasteiger partial charge in [-0.1, -0.05) is 24.3 Å². The molecule has 0 atom stereocenters. The molecule has 0 aliphatic carbocycles. The van der Waals surface area contributed by atoms with Crippen molar-refractivity contribution in [3.63, 3.8) is 0 Å². The number of carbonyl (C=O) groups is 1. The average Bonchev–Trinajstić information content (AvgIpc) is 2.48. The summed E-state index contributed by atoms with van der Waals surface area (Å²) in [6.07, 6.45) is 1.73. The number of nitrogens with zero attached hydrogens (tertiary/aromatic N) is 2. The van der Waals surface area contributed by atoms with Crippen LogP contribution >= 0.6 is 0 Å². The Morgan fingerprint density at radius 3 is 2.67 bits per heavy atom. The van der Waals surface area contributed by atoms with E-state index in [1.54, 1.807) is 18.3 Å². The van der Waals surface area contributed by atoms with Gasteiger partial charge in [-0.2, -0.15) is 0 Å². The number of nitrogens with one attached hydrogen (secondary N) is 1. The molecule has 3 rings (SSSR count). The topological polar surface area (TPSA) is 54.9 Å². The maximum absolute atomic E-state index is 12.5. The van der Waals surface area contributed by atoms with Gasteiger partial charge >= 0.3 is 0 Å². The summed E-state index contributed by atoms with van der Waals surface area (Å²) < 4.78 is 0. The van der Waals surface area contributed by atoms with Gasteiger partial charge in [0.2, 0.25) is 0 Å². The van der Waals surface area contributed by atoms with E-state index in [0.717, 1.165) is 22.2 Å². The van der Waals surface area contributed by atoms with Gasteiger partial charge in [0.05, 0.1) is 11.1 Å². The Morgan fingerprint density at radius 1 is 1.10 bits per heavy atom. The Balaban J connectivity index is 1.99. The number of rotatable bonds is 2. The molecule has 1 amide bonds. The highest BCUT2D eigenvalue weighted by molar-refractivity contribution is 6.12. The van der Waals surface area contributed by atoms with Crippen molar-refractivity contribution in [1.29, 1.82) is 0 Å². The van der Waals surface area contributed by atoms with Crippen molar-refractivity contribution in [1.82, 2.24) is 9.97 Å². The molecule has 0 aliphatic rings. The molecule has 0 aliphatic heterocycles. The van der Waals surface area contributed by atoms with Gasteiger partial charge in [0, 0.05) is 17.3 Å². The van der Waals surface area contributed by atoms with Gasteiger partial charge < -0.3 is 5.32 Å². The second-order valence-corrected chi connectivity index (χ2v) is 5.00. The third kappa shape index (κ3) is 2.74. The van der Waals surface area contributed by atoms with Gasteiger partial charge in [-0.25, -0.2) is 4.98 Å². The molecule has 4 heteroatoms. The molecule has 21 heavy (non-hydrogen) atoms. The molecule has 1 N–H and O–H groups in total. The molecule has 0 radical (unpaired) electrons. The number of hydrogen-bond donors (Lipinski definition) is 1. The lowest BCUT2D eigenvalue weighted by Crippen LogP contribution is -2.14. The zero-order valence-electron chi connectivity index (χ0n) is 11.9. The summed E-state index contributed by atoms with van der Waals surface area (Å²) in [6.45, 7) is 3.84. The summed E-state index contributed by atoms with van der Waals surface area (Å²) >= 11 is 0. The van der Waals surface area contributed by atoms with Gasteiger partial charge in [-0.15, -0.1) is 0 Å². The van der Waals surface area contributed by atoms with Crippen LogP contribution < -0.4 is 5.32 Å². The van der Waals surface area contributed by atoms with Crippen LogP contribution in [0.3, 0.4) is 0 Å². The maximum atomic E-state index is 12.5. The highest BCUT2D eigenvalue weighted by Crippen LogP contribution is 2.19. The summed E-state index contributed by atoms with van der Waals surface area (Å²) in [7, 11) is 0. The van der Waals surface area contributed by atoms with Crippen LogP contribution in [0, 0.1) is 13.8 Å². The Hall–Kier alpha value is -2.75. The predicted octanol–water partition coefficient (Wildman–Crippen LogP) is 3.50. The van der Waals surface area contributed by atoms with Crippen LogP contribution in [0.1, 0.15) is 21.6 Å². The van der Waals surface area contributed by atoms with Gasteiger partial charge in [-0.3, -0.25) is 9.78 Å². The number of aryl methyl sites for hydroxylation is 2. The van der Waals surface area contributed by atoms with Crippen molar-refractivity contribution in [2.24, 2.45) is 0 Å². The zero-order chi connectivity index (χ0) is 14.8. The fourth-order valence-corrected chi connectivity index (χ4v) is 2.22. The third-order valence-electron chi connectivity index (χ3n) is 3.24. The molecule has 2 aromatic heterocycles. The lowest BCUT2D eigenvalue weighted by Gasteiger charge is -2.08. The molecule has 1 aromatic carbocycles. The minimum atomic E-state index is -0.173. The van der Waals surface area contributed by atoms with E-state index in [-0.39, 0.29) is 5.91 Å². The quantitative estimate of drug-likeness (QED) is 0.780. The first-order valence-corrected chi connectivity index (χ1v) is 6.74. The predicted molar refractivity (Wildman–Crippen MR) is 83.4 cm³/mol. The molecular formula is C17H15N3O. The van der Waals surface area contributed by atoms with Crippen LogP contribution in [0.25, 0.3) is 10.9 Å². The average molecular weight is 277 g/mol. The Morgan fingerprint density at radius 2 is 1.90 bits per heavy atom. The van der Waals surface area contributed by atoms with Gasteiger partial charge in [0.15, 0.2) is 0 Å². The molecule has 4 nitrogen and oxygen atoms in total. The molecule has 0 saturated heterocycles. The summed E-state index contributed by atoms with van der Waals surface area (Å²) in [5.41, 5.74) is 3.30. The van der Waals surface area contributed by atoms with E-state index in [0.29, 0.717) is 11.4 Å². The number of fused-ring (bicyclic) bond motifs is 1. The second-order valence-electron chi connectivity index (χ2n) is 5.00. The number of para-hydroxylation sites is 1. The minimum Gasteiger partial charge on any atom is -0.307 e. The lowest BCUT2D eigenvalue weighted by molar-refractivity contribution is 0.102. The Labute approximate surface area is 122 Å². The fourth-order valence-electron chi connectivity index (χ4n) is 2.22. The molecular weight excluding hydrogens is 262 g/mol. The largest absolute Gasteiger partial charge is 0.307 e. The zero-order valence-corrected chi connectivity index (χ0v) is 11.9. The van der Waals surface area contributed by atoms with Crippen LogP contribution in [0.4, 0.5) is 5.82 Å². The van der Waals surface area contributed by atoms with Crippen molar-refractivity contribution < 1.29 is 4.79 Å². The van der Waals surface area contributed by atoms with Crippen LogP contribution in [0.2, 0.25) is 0 Å². The lowest BCUT2D eigenvalue weighted by atomic mass is 10.1. The van der Waals surface area contributed by atoms with E-state index in [9.17, 15) is 4.79 Å². The van der Waals surface area contributed by atoms with Crippen LogP contribution in [-0.2, 0) is 0 Å². The van der Waals surface area contributed by atoms with E-state index in [2.05, 4.69) is 15.3 Å². The summed E-state index contributed by atoms with van der Waals surface area (Å²) in [6, 6.07) is 13.1. The van der Waals surface area contributed by atoms with Crippen molar-refractivity contribution in [2.75, 3.05) is 5.32 Å². The molecule has 0 fully saturated rings. The summed E-state index contributed by atoms with van der Waals surface area (Å²) in [4.78, 5) is 21.1. The highest BCUT2D eigenvalue weighted by Gasteiger charge is 2.12. The smallest absolute Gasteiger partial charge is 0.257 e. The summed E-state index contributed by atoms with van der Waals surface area (Å²) in [5.74, 6) is 0.372. The van der Waals surface area contributed by atoms with E-state index in [1.165, 1.54) is 0 Å². The van der Waals surface area contributed by atoms with Crippen molar-refractivity contribution in [3.8, 4) is 0 Å². The molecule has 0 spiro atoms. The van der Waals surface area contributed by atoms with Gasteiger partial charge in [-0.05, 0) is 37.6 Å². The molecule has 2 heterocycles. The van der Waals surface area contributed by atoms with Crippen LogP contribution in [0.5, 0.6) is 0 Å². The number of pyridine rings is 2. The summed E-state index contributed by atoms with van der Waals surface area (Å²) in [5, 5.41) is 3.67. The number of amides is 1. The molecule has 3 aromatic rings. The van der Waals surface area contributed by atoms with Crippen molar-refractivity contribution in [2.45, 2.75) is 13.8 Å². The Bertz CT molecular complexity index is 810. The van der Waals surface area contributed by atoms with Gasteiger partial charge in [0.25, 0.3) is 5.91 Å². The monoisotopic (exact) mass is 277 g/mol. The van der Waals surface area contributed by atoms with E-state index >= 15 is 0 Å². The normalized spacial score (nSPS) is 10.6. The first-order valence-electron chi connectivity index (χ1n) is 6.74. The second kappa shape index (κ2) is 5.32. The number of carbonyl (C=O) groups excluding carboxylic acids is 1. The van der Waals surface area contributed by atoms with Crippen LogP contribution in [0.15, 0.2) is 48.7 Å². The van der Waals surface area contributed by atoms with Gasteiger partial charge in [0.1, 0.15) is 5.82 Å². The van der Waals surface area contributed by atoms with Crippen molar-refractivity contribution in [3.05, 3.63) is 65.5 Å². The number of aromatic nitrogens is 2. The first kappa shape index (κ1) is 13.2. The number of anilines is 1. The number of benzene rings is 1. The SMILES string of the molecule is Cc1ccc(NC(=O)c2cc(C)nc3ccccc23)nc1. The highest BCUT2D eigenvalue weighted by atomic mass is 16.1. The standard InChI is InChI=1S/C17H15N3O/c1-11-7-8-16(18-10-11)20-17(21)14-9-12(2)19-15-6-4-3-5-13(14)15/h3-10H,1-2H3,(H,18,20,21). The van der Waals surface area contributed by atoms with E-state index in [1.807, 2.05) is 44.2 Å². The van der Waals surface area contributed by atoms with Crippen LogP contribution in [-0.4, -0.2) is 15.9 Å². The number of hydrogen-bond acceptors (Lipinski definition) is 3. The minimum absolute atomic E-state index is 0.173. The van der Waals surface area contributed by atoms with Crippen molar-refractivity contribution >= 4 is 22.6 Å². The molecule has 0 unspecified atom stereocenters. The molecule has 0 saturated carbocycles. The molecule has 0 bridgehead atoms. The Kier molecular flexibility index (Phi) is 3.36. The first-order chi connectivity index (χ1) is 10.1. The van der Waals surface area contributed by atoms with E-state index in [4.69, 9.17) is 0 Å². The van der Waals surface area contributed by atoms with E-state index < -0.39 is 0 Å². The fraction of sp³-hybridized carbons (Fsp3) is 0.118. The maximum Gasteiger partial charge on any atom is 0.257 e. The molecule has 104 valence electrons.